The van der Waals surface area contributed by atoms with Crippen LogP contribution in [0.5, 0.6) is 5.75 Å². The maximum atomic E-state index is 12.8. The Labute approximate surface area is 119 Å². The number of alkyl halides is 3. The summed E-state index contributed by atoms with van der Waals surface area (Å²) in [7, 11) is 0. The summed E-state index contributed by atoms with van der Waals surface area (Å²) in [6.07, 6.45) is -2.30. The second kappa shape index (κ2) is 5.83. The first-order chi connectivity index (χ1) is 9.88. The van der Waals surface area contributed by atoms with Crippen LogP contribution in [0.25, 0.3) is 6.08 Å². The summed E-state index contributed by atoms with van der Waals surface area (Å²) in [6, 6.07) is 10.6. The van der Waals surface area contributed by atoms with Gasteiger partial charge in [-0.1, -0.05) is 36.4 Å². The van der Waals surface area contributed by atoms with Crippen molar-refractivity contribution in [3.05, 3.63) is 71.3 Å². The van der Waals surface area contributed by atoms with E-state index in [9.17, 15) is 23.1 Å². The molecule has 0 saturated heterocycles. The number of benzene rings is 2. The topological polar surface area (TPSA) is 37.3 Å². The van der Waals surface area contributed by atoms with Gasteiger partial charge in [0.25, 0.3) is 0 Å². The van der Waals surface area contributed by atoms with Gasteiger partial charge in [0.2, 0.25) is 0 Å². The second-order valence-corrected chi connectivity index (χ2v) is 4.33. The fraction of sp³-hybridized carbons (Fsp3) is 0.0625. The SMILES string of the molecule is O=C(/C=C/c1ccccc1C(F)(F)F)c1cccc(O)c1. The molecule has 21 heavy (non-hydrogen) atoms. The number of allylic oxidation sites excluding steroid dienone is 1. The molecule has 0 bridgehead atoms. The fourth-order valence-corrected chi connectivity index (χ4v) is 1.82. The van der Waals surface area contributed by atoms with E-state index in [-0.39, 0.29) is 16.9 Å². The molecule has 0 fully saturated rings. The van der Waals surface area contributed by atoms with E-state index in [1.165, 1.54) is 42.5 Å². The lowest BCUT2D eigenvalue weighted by molar-refractivity contribution is -0.137. The van der Waals surface area contributed by atoms with Crippen molar-refractivity contribution < 1.29 is 23.1 Å². The Bertz CT molecular complexity index is 688. The summed E-state index contributed by atoms with van der Waals surface area (Å²) >= 11 is 0. The van der Waals surface area contributed by atoms with E-state index in [1.54, 1.807) is 0 Å². The Balaban J connectivity index is 2.28. The van der Waals surface area contributed by atoms with E-state index >= 15 is 0 Å². The first-order valence-electron chi connectivity index (χ1n) is 6.05. The molecule has 0 aromatic heterocycles. The molecule has 0 radical (unpaired) electrons. The quantitative estimate of drug-likeness (QED) is 0.676. The number of halogens is 3. The predicted molar refractivity (Wildman–Crippen MR) is 72.9 cm³/mol. The first-order valence-corrected chi connectivity index (χ1v) is 6.05. The van der Waals surface area contributed by atoms with Crippen molar-refractivity contribution in [3.8, 4) is 5.75 Å². The fourth-order valence-electron chi connectivity index (χ4n) is 1.82. The minimum atomic E-state index is -4.48. The van der Waals surface area contributed by atoms with E-state index < -0.39 is 17.5 Å². The number of rotatable bonds is 3. The molecule has 108 valence electrons. The highest BCUT2D eigenvalue weighted by molar-refractivity contribution is 6.07. The molecule has 2 aromatic carbocycles. The number of phenols is 1. The number of hydrogen-bond donors (Lipinski definition) is 1. The molecule has 0 aliphatic heterocycles. The molecule has 0 heterocycles. The van der Waals surface area contributed by atoms with E-state index in [4.69, 9.17) is 0 Å². The second-order valence-electron chi connectivity index (χ2n) is 4.33. The first kappa shape index (κ1) is 14.8. The number of carbonyl (C=O) groups is 1. The molecule has 2 aromatic rings. The zero-order valence-electron chi connectivity index (χ0n) is 10.8. The highest BCUT2D eigenvalue weighted by Crippen LogP contribution is 2.32. The molecule has 2 rings (SSSR count). The Hall–Kier alpha value is -2.56. The highest BCUT2D eigenvalue weighted by Gasteiger charge is 2.32. The third-order valence-corrected chi connectivity index (χ3v) is 2.81. The van der Waals surface area contributed by atoms with Crippen LogP contribution < -0.4 is 0 Å². The van der Waals surface area contributed by atoms with Gasteiger partial charge in [-0.3, -0.25) is 4.79 Å². The summed E-state index contributed by atoms with van der Waals surface area (Å²) in [5, 5.41) is 9.27. The summed E-state index contributed by atoms with van der Waals surface area (Å²) in [4.78, 5) is 11.9. The van der Waals surface area contributed by atoms with Crippen LogP contribution in [-0.2, 0) is 6.18 Å². The normalized spacial score (nSPS) is 11.8. The van der Waals surface area contributed by atoms with Crippen LogP contribution in [0.2, 0.25) is 0 Å². The summed E-state index contributed by atoms with van der Waals surface area (Å²) in [5.41, 5.74) is -0.681. The van der Waals surface area contributed by atoms with Crippen LogP contribution in [-0.4, -0.2) is 10.9 Å². The molecule has 0 aliphatic carbocycles. The van der Waals surface area contributed by atoms with Crippen molar-refractivity contribution >= 4 is 11.9 Å². The molecule has 1 N–H and O–H groups in total. The smallest absolute Gasteiger partial charge is 0.416 e. The van der Waals surface area contributed by atoms with Gasteiger partial charge in [-0.2, -0.15) is 13.2 Å². The van der Waals surface area contributed by atoms with Crippen LogP contribution >= 0.6 is 0 Å². The Morgan fingerprint density at radius 2 is 1.76 bits per heavy atom. The predicted octanol–water partition coefficient (Wildman–Crippen LogP) is 4.31. The summed E-state index contributed by atoms with van der Waals surface area (Å²) in [5.74, 6) is -0.562. The lowest BCUT2D eigenvalue weighted by Crippen LogP contribution is -2.07. The van der Waals surface area contributed by atoms with E-state index in [0.29, 0.717) is 0 Å². The summed E-state index contributed by atoms with van der Waals surface area (Å²) in [6.45, 7) is 0. The number of phenolic OH excluding ortho intramolecular Hbond substituents is 1. The number of carbonyl (C=O) groups excluding carboxylic acids is 1. The van der Waals surface area contributed by atoms with Gasteiger partial charge in [0.15, 0.2) is 5.78 Å². The van der Waals surface area contributed by atoms with Gasteiger partial charge in [0, 0.05) is 5.56 Å². The van der Waals surface area contributed by atoms with Gasteiger partial charge in [-0.15, -0.1) is 0 Å². The lowest BCUT2D eigenvalue weighted by Gasteiger charge is -2.09. The maximum Gasteiger partial charge on any atom is 0.416 e. The standard InChI is InChI=1S/C16H11F3O2/c17-16(18,19)14-7-2-1-4-11(14)8-9-15(21)12-5-3-6-13(20)10-12/h1-10,20H/b9-8+. The van der Waals surface area contributed by atoms with Gasteiger partial charge < -0.3 is 5.11 Å². The summed E-state index contributed by atoms with van der Waals surface area (Å²) < 4.78 is 38.4. The van der Waals surface area contributed by atoms with E-state index in [0.717, 1.165) is 18.2 Å². The molecular formula is C16H11F3O2. The third-order valence-electron chi connectivity index (χ3n) is 2.81. The van der Waals surface area contributed by atoms with Crippen molar-refractivity contribution in [2.45, 2.75) is 6.18 Å². The molecule has 5 heteroatoms. The number of hydrogen-bond acceptors (Lipinski definition) is 2. The Morgan fingerprint density at radius 1 is 1.05 bits per heavy atom. The van der Waals surface area contributed by atoms with Gasteiger partial charge in [0.05, 0.1) is 5.56 Å². The van der Waals surface area contributed by atoms with Crippen molar-refractivity contribution in [1.29, 1.82) is 0 Å². The van der Waals surface area contributed by atoms with E-state index in [2.05, 4.69) is 0 Å². The minimum Gasteiger partial charge on any atom is -0.508 e. The van der Waals surface area contributed by atoms with Gasteiger partial charge in [0.1, 0.15) is 5.75 Å². The lowest BCUT2D eigenvalue weighted by atomic mass is 10.0. The van der Waals surface area contributed by atoms with Crippen molar-refractivity contribution in [2.75, 3.05) is 0 Å². The van der Waals surface area contributed by atoms with Crippen LogP contribution in [0.15, 0.2) is 54.6 Å². The van der Waals surface area contributed by atoms with E-state index in [1.807, 2.05) is 0 Å². The molecule has 0 aliphatic rings. The average Bonchev–Trinajstić information content (AvgIpc) is 2.44. The van der Waals surface area contributed by atoms with Gasteiger partial charge in [-0.05, 0) is 29.8 Å². The molecule has 2 nitrogen and oxygen atoms in total. The minimum absolute atomic E-state index is 0.0788. The largest absolute Gasteiger partial charge is 0.508 e. The van der Waals surface area contributed by atoms with Gasteiger partial charge in [-0.25, -0.2) is 0 Å². The van der Waals surface area contributed by atoms with Gasteiger partial charge >= 0.3 is 6.18 Å². The third kappa shape index (κ3) is 3.72. The average molecular weight is 292 g/mol. The van der Waals surface area contributed by atoms with Crippen LogP contribution in [0.1, 0.15) is 21.5 Å². The number of aromatic hydroxyl groups is 1. The zero-order valence-corrected chi connectivity index (χ0v) is 10.8. The molecule has 0 atom stereocenters. The molecule has 0 unspecified atom stereocenters. The Kier molecular flexibility index (Phi) is 4.12. The Morgan fingerprint density at radius 3 is 2.43 bits per heavy atom. The van der Waals surface area contributed by atoms with Crippen molar-refractivity contribution in [3.63, 3.8) is 0 Å². The van der Waals surface area contributed by atoms with Crippen LogP contribution in [0.3, 0.4) is 0 Å². The van der Waals surface area contributed by atoms with Crippen LogP contribution in [0.4, 0.5) is 13.2 Å². The molecule has 0 spiro atoms. The molecule has 0 saturated carbocycles. The zero-order chi connectivity index (χ0) is 15.5. The van der Waals surface area contributed by atoms with Crippen LogP contribution in [0, 0.1) is 0 Å². The number of ketones is 1. The highest BCUT2D eigenvalue weighted by atomic mass is 19.4. The molecular weight excluding hydrogens is 281 g/mol. The molecule has 0 amide bonds. The van der Waals surface area contributed by atoms with Crippen molar-refractivity contribution in [1.82, 2.24) is 0 Å². The monoisotopic (exact) mass is 292 g/mol. The van der Waals surface area contributed by atoms with Crippen molar-refractivity contribution in [2.24, 2.45) is 0 Å². The maximum absolute atomic E-state index is 12.8.